The summed E-state index contributed by atoms with van der Waals surface area (Å²) in [4.78, 5) is 3.91. The molecular weight excluding hydrogens is 276 g/mol. The van der Waals surface area contributed by atoms with E-state index in [4.69, 9.17) is 0 Å². The Balaban J connectivity index is 1.90. The van der Waals surface area contributed by atoms with Crippen molar-refractivity contribution in [2.24, 2.45) is 5.92 Å². The van der Waals surface area contributed by atoms with Crippen LogP contribution >= 0.6 is 0 Å². The van der Waals surface area contributed by atoms with Crippen LogP contribution in [0.2, 0.25) is 0 Å². The van der Waals surface area contributed by atoms with Crippen LogP contribution in [0.15, 0.2) is 24.5 Å². The molecule has 0 spiro atoms. The number of pyridine rings is 1. The Labute approximate surface area is 120 Å². The first-order chi connectivity index (χ1) is 9.61. The molecule has 2 unspecified atom stereocenters. The molecule has 0 radical (unpaired) electrons. The number of hydrogen-bond donors (Lipinski definition) is 2. The minimum Gasteiger partial charge on any atom is -0.396 e. The minimum atomic E-state index is -3.30. The van der Waals surface area contributed by atoms with E-state index in [0.29, 0.717) is 6.42 Å². The smallest absolute Gasteiger partial charge is 0.212 e. The molecule has 112 valence electrons. The highest BCUT2D eigenvalue weighted by Crippen LogP contribution is 2.24. The van der Waals surface area contributed by atoms with Gasteiger partial charge in [-0.1, -0.05) is 12.8 Å². The molecule has 2 N–H and O–H groups in total. The summed E-state index contributed by atoms with van der Waals surface area (Å²) in [5, 5.41) is 9.32. The lowest BCUT2D eigenvalue weighted by atomic mass is 9.86. The fourth-order valence-electron chi connectivity index (χ4n) is 2.67. The van der Waals surface area contributed by atoms with Gasteiger partial charge in [0.15, 0.2) is 0 Å². The molecular formula is C14H22N2O3S. The molecule has 0 saturated heterocycles. The number of nitrogens with one attached hydrogen (secondary N) is 1. The molecule has 6 heteroatoms. The van der Waals surface area contributed by atoms with Crippen molar-refractivity contribution in [3.05, 3.63) is 30.1 Å². The highest BCUT2D eigenvalue weighted by Gasteiger charge is 2.27. The number of nitrogens with zero attached hydrogens (tertiary/aromatic N) is 1. The number of aryl methyl sites for hydroxylation is 1. The maximum Gasteiger partial charge on any atom is 0.212 e. The number of hydrogen-bond acceptors (Lipinski definition) is 4. The molecule has 0 amide bonds. The maximum absolute atomic E-state index is 12.1. The van der Waals surface area contributed by atoms with E-state index in [2.05, 4.69) is 9.71 Å². The first-order valence-corrected chi connectivity index (χ1v) is 8.76. The van der Waals surface area contributed by atoms with Crippen LogP contribution in [0.4, 0.5) is 0 Å². The summed E-state index contributed by atoms with van der Waals surface area (Å²) in [6.45, 7) is 0.0531. The summed E-state index contributed by atoms with van der Waals surface area (Å²) in [5.41, 5.74) is 0.965. The largest absolute Gasteiger partial charge is 0.396 e. The predicted molar refractivity (Wildman–Crippen MR) is 77.7 cm³/mol. The molecule has 1 fully saturated rings. The normalized spacial score (nSPS) is 23.6. The van der Waals surface area contributed by atoms with Crippen molar-refractivity contribution >= 4 is 10.0 Å². The fourth-order valence-corrected chi connectivity index (χ4v) is 4.07. The van der Waals surface area contributed by atoms with Gasteiger partial charge in [0.2, 0.25) is 10.0 Å². The van der Waals surface area contributed by atoms with Gasteiger partial charge in [-0.3, -0.25) is 4.98 Å². The van der Waals surface area contributed by atoms with Gasteiger partial charge in [-0.15, -0.1) is 0 Å². The van der Waals surface area contributed by atoms with Gasteiger partial charge < -0.3 is 5.11 Å². The van der Waals surface area contributed by atoms with Crippen LogP contribution in [0.25, 0.3) is 0 Å². The van der Waals surface area contributed by atoms with Crippen molar-refractivity contribution in [2.45, 2.75) is 38.1 Å². The predicted octanol–water partition coefficient (Wildman–Crippen LogP) is 1.09. The highest BCUT2D eigenvalue weighted by molar-refractivity contribution is 7.89. The van der Waals surface area contributed by atoms with Crippen LogP contribution in [-0.2, 0) is 16.4 Å². The third-order valence-electron chi connectivity index (χ3n) is 3.88. The van der Waals surface area contributed by atoms with Crippen LogP contribution < -0.4 is 4.72 Å². The minimum absolute atomic E-state index is 0.0531. The van der Waals surface area contributed by atoms with Gasteiger partial charge in [0.05, 0.1) is 5.75 Å². The van der Waals surface area contributed by atoms with Crippen molar-refractivity contribution in [2.75, 3.05) is 12.4 Å². The summed E-state index contributed by atoms with van der Waals surface area (Å²) in [6.07, 6.45) is 7.62. The molecule has 20 heavy (non-hydrogen) atoms. The van der Waals surface area contributed by atoms with E-state index in [1.165, 1.54) is 0 Å². The quantitative estimate of drug-likeness (QED) is 0.824. The van der Waals surface area contributed by atoms with E-state index in [0.717, 1.165) is 31.2 Å². The second-order valence-electron chi connectivity index (χ2n) is 5.38. The van der Waals surface area contributed by atoms with Crippen molar-refractivity contribution in [1.29, 1.82) is 0 Å². The van der Waals surface area contributed by atoms with Crippen LogP contribution in [0.1, 0.15) is 31.2 Å². The highest BCUT2D eigenvalue weighted by atomic mass is 32.2. The van der Waals surface area contributed by atoms with E-state index in [1.54, 1.807) is 12.4 Å². The fraction of sp³-hybridized carbons (Fsp3) is 0.643. The second kappa shape index (κ2) is 7.15. The van der Waals surface area contributed by atoms with Crippen molar-refractivity contribution in [1.82, 2.24) is 9.71 Å². The molecule has 1 aliphatic carbocycles. The van der Waals surface area contributed by atoms with E-state index in [1.807, 2.05) is 12.1 Å². The van der Waals surface area contributed by atoms with E-state index >= 15 is 0 Å². The summed E-state index contributed by atoms with van der Waals surface area (Å²) in [7, 11) is -3.30. The number of aliphatic hydroxyl groups excluding tert-OH is 1. The van der Waals surface area contributed by atoms with Crippen molar-refractivity contribution < 1.29 is 13.5 Å². The zero-order chi connectivity index (χ0) is 14.4. The maximum atomic E-state index is 12.1. The first kappa shape index (κ1) is 15.4. The number of rotatable bonds is 6. The van der Waals surface area contributed by atoms with Crippen molar-refractivity contribution in [3.8, 4) is 0 Å². The third kappa shape index (κ3) is 4.54. The lowest BCUT2D eigenvalue weighted by molar-refractivity contribution is 0.164. The third-order valence-corrected chi connectivity index (χ3v) is 5.29. The molecule has 2 rings (SSSR count). The standard InChI is InChI=1S/C14H22N2O3S/c17-11-13-3-1-2-4-14(13)16-20(18,19)10-7-12-5-8-15-9-6-12/h5-6,8-9,13-14,16-17H,1-4,7,10-11H2. The van der Waals surface area contributed by atoms with Crippen LogP contribution in [0.5, 0.6) is 0 Å². The summed E-state index contributed by atoms with van der Waals surface area (Å²) < 4.78 is 27.0. The molecule has 1 aliphatic rings. The van der Waals surface area contributed by atoms with Crippen LogP contribution in [0, 0.1) is 5.92 Å². The molecule has 0 bridgehead atoms. The molecule has 1 aromatic rings. The Morgan fingerprint density at radius 1 is 1.25 bits per heavy atom. The molecule has 1 heterocycles. The Morgan fingerprint density at radius 2 is 1.95 bits per heavy atom. The molecule has 0 aromatic carbocycles. The van der Waals surface area contributed by atoms with Gasteiger partial charge in [0.25, 0.3) is 0 Å². The lowest BCUT2D eigenvalue weighted by Gasteiger charge is -2.30. The zero-order valence-electron chi connectivity index (χ0n) is 11.5. The number of aliphatic hydroxyl groups is 1. The first-order valence-electron chi connectivity index (χ1n) is 7.10. The molecule has 0 aliphatic heterocycles. The van der Waals surface area contributed by atoms with Crippen molar-refractivity contribution in [3.63, 3.8) is 0 Å². The molecule has 1 aromatic heterocycles. The number of aromatic nitrogens is 1. The van der Waals surface area contributed by atoms with Gasteiger partial charge in [-0.2, -0.15) is 0 Å². The molecule has 5 nitrogen and oxygen atoms in total. The van der Waals surface area contributed by atoms with Crippen LogP contribution in [-0.4, -0.2) is 36.9 Å². The Morgan fingerprint density at radius 3 is 2.65 bits per heavy atom. The summed E-state index contributed by atoms with van der Waals surface area (Å²) in [6, 6.07) is 3.54. The average Bonchev–Trinajstić information content (AvgIpc) is 2.47. The topological polar surface area (TPSA) is 79.3 Å². The van der Waals surface area contributed by atoms with Gasteiger partial charge >= 0.3 is 0 Å². The summed E-state index contributed by atoms with van der Waals surface area (Å²) >= 11 is 0. The van der Waals surface area contributed by atoms with Gasteiger partial charge in [-0.05, 0) is 42.9 Å². The van der Waals surface area contributed by atoms with E-state index in [-0.39, 0.29) is 24.3 Å². The number of sulfonamides is 1. The van der Waals surface area contributed by atoms with Gasteiger partial charge in [0.1, 0.15) is 0 Å². The zero-order valence-corrected chi connectivity index (χ0v) is 12.3. The van der Waals surface area contributed by atoms with Gasteiger partial charge in [0, 0.05) is 25.0 Å². The Hall–Kier alpha value is -0.980. The summed E-state index contributed by atoms with van der Waals surface area (Å²) in [5.74, 6) is 0.130. The Bertz CT molecular complexity index is 504. The molecule has 1 saturated carbocycles. The average molecular weight is 298 g/mol. The Kier molecular flexibility index (Phi) is 5.51. The van der Waals surface area contributed by atoms with Crippen LogP contribution in [0.3, 0.4) is 0 Å². The second-order valence-corrected chi connectivity index (χ2v) is 7.25. The molecule has 2 atom stereocenters. The van der Waals surface area contributed by atoms with E-state index < -0.39 is 10.0 Å². The van der Waals surface area contributed by atoms with Gasteiger partial charge in [-0.25, -0.2) is 13.1 Å². The lowest BCUT2D eigenvalue weighted by Crippen LogP contribution is -2.44. The SMILES string of the molecule is O=S(=O)(CCc1ccncc1)NC1CCCCC1CO. The van der Waals surface area contributed by atoms with E-state index in [9.17, 15) is 13.5 Å². The monoisotopic (exact) mass is 298 g/mol.